The largest absolute Gasteiger partial charge is 0.493 e. The van der Waals surface area contributed by atoms with Gasteiger partial charge in [0.05, 0.1) is 24.8 Å². The van der Waals surface area contributed by atoms with Gasteiger partial charge in [-0.2, -0.15) is 0 Å². The third-order valence-electron chi connectivity index (χ3n) is 6.02. The molecule has 0 spiro atoms. The van der Waals surface area contributed by atoms with Gasteiger partial charge < -0.3 is 19.7 Å². The lowest BCUT2D eigenvalue weighted by atomic mass is 10.1. The van der Waals surface area contributed by atoms with E-state index in [9.17, 15) is 22.4 Å². The Kier molecular flexibility index (Phi) is 9.76. The first-order valence-electron chi connectivity index (χ1n) is 11.8. The molecule has 0 saturated carbocycles. The van der Waals surface area contributed by atoms with Gasteiger partial charge in [-0.1, -0.05) is 23.7 Å². The number of nitrogens with zero attached hydrogens (tertiary/aromatic N) is 2. The molecule has 0 aliphatic rings. The van der Waals surface area contributed by atoms with Crippen LogP contribution in [-0.2, 0) is 26.2 Å². The molecule has 3 aromatic carbocycles. The first-order chi connectivity index (χ1) is 18.5. The van der Waals surface area contributed by atoms with Gasteiger partial charge >= 0.3 is 0 Å². The molecule has 0 aromatic heterocycles. The van der Waals surface area contributed by atoms with Gasteiger partial charge in [0.2, 0.25) is 11.8 Å². The number of halogens is 2. The Labute approximate surface area is 232 Å². The summed E-state index contributed by atoms with van der Waals surface area (Å²) in [4.78, 5) is 27.3. The number of likely N-dealkylation sites (N-methyl/N-ethyl adjacent to an activating group) is 1. The summed E-state index contributed by atoms with van der Waals surface area (Å²) in [5.74, 6) is -1.05. The Hall–Kier alpha value is -3.83. The maximum Gasteiger partial charge on any atom is 0.264 e. The van der Waals surface area contributed by atoms with Gasteiger partial charge in [-0.25, -0.2) is 12.8 Å². The summed E-state index contributed by atoms with van der Waals surface area (Å²) in [5.41, 5.74) is 0.734. The third kappa shape index (κ3) is 6.98. The van der Waals surface area contributed by atoms with Crippen molar-refractivity contribution in [2.45, 2.75) is 24.4 Å². The van der Waals surface area contributed by atoms with Crippen LogP contribution in [0.1, 0.15) is 12.5 Å². The zero-order valence-electron chi connectivity index (χ0n) is 21.9. The number of sulfonamides is 1. The van der Waals surface area contributed by atoms with Crippen LogP contribution < -0.4 is 19.1 Å². The molecule has 39 heavy (non-hydrogen) atoms. The molecule has 0 radical (unpaired) electrons. The van der Waals surface area contributed by atoms with Gasteiger partial charge in [-0.15, -0.1) is 0 Å². The van der Waals surface area contributed by atoms with Crippen LogP contribution in [0.15, 0.2) is 71.6 Å². The minimum Gasteiger partial charge on any atom is -0.493 e. The van der Waals surface area contributed by atoms with Crippen molar-refractivity contribution in [2.24, 2.45) is 0 Å². The Morgan fingerprint density at radius 1 is 0.974 bits per heavy atom. The summed E-state index contributed by atoms with van der Waals surface area (Å²) >= 11 is 6.03. The van der Waals surface area contributed by atoms with Crippen LogP contribution in [-0.4, -0.2) is 59.0 Å². The number of hydrogen-bond donors (Lipinski definition) is 1. The molecule has 208 valence electrons. The molecule has 0 aliphatic carbocycles. The van der Waals surface area contributed by atoms with Crippen molar-refractivity contribution in [3.63, 3.8) is 0 Å². The number of carbonyl (C=O) groups is 2. The van der Waals surface area contributed by atoms with E-state index in [-0.39, 0.29) is 22.9 Å². The Bertz CT molecular complexity index is 1420. The Morgan fingerprint density at radius 2 is 1.59 bits per heavy atom. The summed E-state index contributed by atoms with van der Waals surface area (Å²) in [7, 11) is -0.0927. The normalized spacial score (nSPS) is 11.8. The number of carbonyl (C=O) groups excluding carboxylic acids is 2. The predicted molar refractivity (Wildman–Crippen MR) is 146 cm³/mol. The molecule has 3 rings (SSSR count). The van der Waals surface area contributed by atoms with E-state index in [0.717, 1.165) is 4.31 Å². The fraction of sp³-hybridized carbons (Fsp3) is 0.259. The molecule has 0 fully saturated rings. The van der Waals surface area contributed by atoms with E-state index in [2.05, 4.69) is 5.32 Å². The average molecular weight is 578 g/mol. The van der Waals surface area contributed by atoms with Gasteiger partial charge in [0.15, 0.2) is 11.5 Å². The maximum absolute atomic E-state index is 13.9. The van der Waals surface area contributed by atoms with Crippen LogP contribution in [0.25, 0.3) is 0 Å². The molecule has 0 saturated heterocycles. The van der Waals surface area contributed by atoms with Crippen LogP contribution in [0.3, 0.4) is 0 Å². The van der Waals surface area contributed by atoms with Gasteiger partial charge in [-0.3, -0.25) is 13.9 Å². The predicted octanol–water partition coefficient (Wildman–Crippen LogP) is 3.85. The number of hydrogen-bond acceptors (Lipinski definition) is 6. The van der Waals surface area contributed by atoms with E-state index in [0.29, 0.717) is 16.3 Å². The molecule has 0 aliphatic heterocycles. The van der Waals surface area contributed by atoms with Crippen molar-refractivity contribution in [3.8, 4) is 11.5 Å². The van der Waals surface area contributed by atoms with Gasteiger partial charge in [-0.05, 0) is 61.0 Å². The van der Waals surface area contributed by atoms with Crippen molar-refractivity contribution in [1.82, 2.24) is 10.2 Å². The minimum absolute atomic E-state index is 0.0570. The quantitative estimate of drug-likeness (QED) is 0.371. The van der Waals surface area contributed by atoms with Crippen LogP contribution in [0.5, 0.6) is 11.5 Å². The molecule has 0 bridgehead atoms. The topological polar surface area (TPSA) is 105 Å². The van der Waals surface area contributed by atoms with Crippen molar-refractivity contribution in [2.75, 3.05) is 32.1 Å². The number of ether oxygens (including phenoxy) is 2. The molecule has 1 atom stereocenters. The summed E-state index contributed by atoms with van der Waals surface area (Å²) in [5, 5.41) is 2.88. The number of anilines is 1. The first-order valence-corrected chi connectivity index (χ1v) is 13.6. The SMILES string of the molecule is CNC(=O)[C@@H](C)N(Cc1ccc(F)cc1)C(=O)CN(c1ccc(Cl)cc1)S(=O)(=O)c1ccc(OC)c(OC)c1. The van der Waals surface area contributed by atoms with Crippen molar-refractivity contribution in [1.29, 1.82) is 0 Å². The Balaban J connectivity index is 2.06. The summed E-state index contributed by atoms with van der Waals surface area (Å²) in [6.07, 6.45) is 0. The van der Waals surface area contributed by atoms with Crippen molar-refractivity contribution >= 4 is 39.1 Å². The van der Waals surface area contributed by atoms with Gasteiger partial charge in [0.1, 0.15) is 18.4 Å². The Morgan fingerprint density at radius 3 is 2.15 bits per heavy atom. The molecule has 9 nitrogen and oxygen atoms in total. The minimum atomic E-state index is -4.33. The lowest BCUT2D eigenvalue weighted by Gasteiger charge is -2.31. The van der Waals surface area contributed by atoms with Crippen LogP contribution in [0.4, 0.5) is 10.1 Å². The molecule has 0 unspecified atom stereocenters. The second-order valence-corrected chi connectivity index (χ2v) is 10.7. The zero-order chi connectivity index (χ0) is 28.7. The van der Waals surface area contributed by atoms with Crippen LogP contribution >= 0.6 is 11.6 Å². The highest BCUT2D eigenvalue weighted by molar-refractivity contribution is 7.92. The molecule has 0 heterocycles. The number of nitrogens with one attached hydrogen (secondary N) is 1. The fourth-order valence-corrected chi connectivity index (χ4v) is 5.37. The third-order valence-corrected chi connectivity index (χ3v) is 8.04. The van der Waals surface area contributed by atoms with E-state index >= 15 is 0 Å². The smallest absolute Gasteiger partial charge is 0.264 e. The van der Waals surface area contributed by atoms with E-state index in [1.807, 2.05) is 0 Å². The van der Waals surface area contributed by atoms with E-state index in [1.165, 1.54) is 99.8 Å². The number of benzene rings is 3. The van der Waals surface area contributed by atoms with E-state index in [1.54, 1.807) is 0 Å². The summed E-state index contributed by atoms with van der Waals surface area (Å²) in [6.45, 7) is 0.828. The second-order valence-electron chi connectivity index (χ2n) is 8.44. The first kappa shape index (κ1) is 29.7. The van der Waals surface area contributed by atoms with E-state index in [4.69, 9.17) is 21.1 Å². The molecule has 3 aromatic rings. The van der Waals surface area contributed by atoms with E-state index < -0.39 is 40.2 Å². The van der Waals surface area contributed by atoms with Crippen molar-refractivity contribution < 1.29 is 31.9 Å². The molecular formula is C27H29ClFN3O6S. The average Bonchev–Trinajstić information content (AvgIpc) is 2.94. The fourth-order valence-electron chi connectivity index (χ4n) is 3.82. The lowest BCUT2D eigenvalue weighted by molar-refractivity contribution is -0.139. The molecule has 2 amide bonds. The van der Waals surface area contributed by atoms with Gasteiger partial charge in [0.25, 0.3) is 10.0 Å². The molecular weight excluding hydrogens is 549 g/mol. The second kappa shape index (κ2) is 12.8. The van der Waals surface area contributed by atoms with Crippen LogP contribution in [0.2, 0.25) is 5.02 Å². The molecule has 12 heteroatoms. The maximum atomic E-state index is 13.9. The number of amides is 2. The highest BCUT2D eigenvalue weighted by Gasteiger charge is 2.32. The van der Waals surface area contributed by atoms with Gasteiger partial charge in [0, 0.05) is 24.7 Å². The molecule has 1 N–H and O–H groups in total. The number of methoxy groups -OCH3 is 2. The summed E-state index contributed by atoms with van der Waals surface area (Å²) in [6, 6.07) is 14.5. The highest BCUT2D eigenvalue weighted by atomic mass is 35.5. The standard InChI is InChI=1S/C27H29ClFN3O6S/c1-18(27(34)30-2)31(16-19-5-9-21(29)10-6-19)26(33)17-32(22-11-7-20(28)8-12-22)39(35,36)23-13-14-24(37-3)25(15-23)38-4/h5-15,18H,16-17H2,1-4H3,(H,30,34)/t18-/m1/s1. The van der Waals surface area contributed by atoms with Crippen LogP contribution in [0, 0.1) is 5.82 Å². The number of rotatable bonds is 11. The monoisotopic (exact) mass is 577 g/mol. The highest BCUT2D eigenvalue weighted by Crippen LogP contribution is 2.32. The zero-order valence-corrected chi connectivity index (χ0v) is 23.4. The van der Waals surface area contributed by atoms with Crippen molar-refractivity contribution in [3.05, 3.63) is 83.1 Å². The lowest BCUT2D eigenvalue weighted by Crippen LogP contribution is -2.50. The summed E-state index contributed by atoms with van der Waals surface area (Å²) < 4.78 is 52.7.